The van der Waals surface area contributed by atoms with E-state index in [0.29, 0.717) is 17.4 Å². The van der Waals surface area contributed by atoms with Gasteiger partial charge in [0.15, 0.2) is 0 Å². The molecule has 6 rings (SSSR count). The first-order valence-corrected chi connectivity index (χ1v) is 11.9. The molecule has 2 aromatic heterocycles. The number of aromatic nitrogens is 2. The monoisotopic (exact) mass is 431 g/mol. The molecule has 1 aliphatic carbocycles. The third kappa shape index (κ3) is 3.02. The summed E-state index contributed by atoms with van der Waals surface area (Å²) in [6.45, 7) is 6.14. The van der Waals surface area contributed by atoms with Gasteiger partial charge in [0.25, 0.3) is 11.8 Å². The van der Waals surface area contributed by atoms with Crippen molar-refractivity contribution in [1.29, 1.82) is 0 Å². The highest BCUT2D eigenvalue weighted by Crippen LogP contribution is 2.44. The lowest BCUT2D eigenvalue weighted by atomic mass is 10.0. The molecule has 2 aromatic rings. The van der Waals surface area contributed by atoms with E-state index in [2.05, 4.69) is 25.1 Å². The van der Waals surface area contributed by atoms with E-state index in [1.807, 2.05) is 19.1 Å². The Morgan fingerprint density at radius 2 is 2.03 bits per heavy atom. The Labute approximate surface area is 187 Å². The zero-order chi connectivity index (χ0) is 21.8. The topological polar surface area (TPSA) is 81.3 Å². The number of hydrogen-bond acceptors (Lipinski definition) is 4. The predicted molar refractivity (Wildman–Crippen MR) is 123 cm³/mol. The summed E-state index contributed by atoms with van der Waals surface area (Å²) in [5, 5.41) is 2.88. The highest BCUT2D eigenvalue weighted by molar-refractivity contribution is 6.36. The van der Waals surface area contributed by atoms with Crippen molar-refractivity contribution >= 4 is 28.8 Å². The van der Waals surface area contributed by atoms with Crippen LogP contribution in [0.3, 0.4) is 0 Å². The van der Waals surface area contributed by atoms with Crippen molar-refractivity contribution in [2.45, 2.75) is 51.5 Å². The number of carbonyl (C=O) groups is 2. The van der Waals surface area contributed by atoms with Gasteiger partial charge in [0, 0.05) is 42.3 Å². The summed E-state index contributed by atoms with van der Waals surface area (Å²) in [5.41, 5.74) is 6.32. The number of nitrogens with zero attached hydrogens (tertiary/aromatic N) is 3. The van der Waals surface area contributed by atoms with Crippen LogP contribution in [0, 0.1) is 6.92 Å². The molecule has 166 valence electrons. The van der Waals surface area contributed by atoms with Gasteiger partial charge in [0.1, 0.15) is 5.82 Å². The summed E-state index contributed by atoms with van der Waals surface area (Å²) in [7, 11) is 0. The summed E-state index contributed by atoms with van der Waals surface area (Å²) in [4.78, 5) is 38.9. The summed E-state index contributed by atoms with van der Waals surface area (Å²) in [6, 6.07) is 4.11. The Morgan fingerprint density at radius 1 is 1.19 bits per heavy atom. The second kappa shape index (κ2) is 7.59. The second-order valence-electron chi connectivity index (χ2n) is 9.49. The molecule has 0 saturated carbocycles. The third-order valence-corrected chi connectivity index (χ3v) is 7.58. The van der Waals surface area contributed by atoms with Gasteiger partial charge in [0.2, 0.25) is 0 Å². The molecule has 7 nitrogen and oxygen atoms in total. The summed E-state index contributed by atoms with van der Waals surface area (Å²) >= 11 is 0. The van der Waals surface area contributed by atoms with E-state index in [-0.39, 0.29) is 11.8 Å². The van der Waals surface area contributed by atoms with Crippen LogP contribution in [0.1, 0.15) is 65.0 Å². The number of amides is 2. The average Bonchev–Trinajstić information content (AvgIpc) is 3.57. The van der Waals surface area contributed by atoms with Gasteiger partial charge in [-0.05, 0) is 81.8 Å². The first kappa shape index (κ1) is 19.7. The molecule has 0 bridgehead atoms. The lowest BCUT2D eigenvalue weighted by molar-refractivity contribution is -0.110. The number of carbonyl (C=O) groups excluding carboxylic acids is 2. The Balaban J connectivity index is 1.34. The lowest BCUT2D eigenvalue weighted by Crippen LogP contribution is -2.42. The van der Waals surface area contributed by atoms with Crippen molar-refractivity contribution in [2.24, 2.45) is 0 Å². The lowest BCUT2D eigenvalue weighted by Gasteiger charge is -2.29. The summed E-state index contributed by atoms with van der Waals surface area (Å²) in [6.07, 6.45) is 7.95. The molecule has 4 aliphatic rings. The van der Waals surface area contributed by atoms with Gasteiger partial charge in [-0.3, -0.25) is 9.59 Å². The normalized spacial score (nSPS) is 24.8. The maximum atomic E-state index is 13.7. The standard InChI is InChI=1S/C25H29N5O2/c1-15-20(25(32)30-13-5-6-16(30)14-29-11-2-3-12-29)17-8-9-18(22(17)27-15)21-19-7-4-10-26-23(19)28-24(21)31/h4,7,10,16,27H,2-3,5-6,8-9,11-14H2,1H3,(H,26,28,31)/t16-/m0/s1. The molecule has 2 fully saturated rings. The molecule has 0 unspecified atom stereocenters. The molecular formula is C25H29N5O2. The van der Waals surface area contributed by atoms with Crippen LogP contribution in [0.15, 0.2) is 18.3 Å². The van der Waals surface area contributed by atoms with Gasteiger partial charge in [-0.15, -0.1) is 0 Å². The maximum Gasteiger partial charge on any atom is 0.257 e. The maximum absolute atomic E-state index is 13.7. The fourth-order valence-corrected chi connectivity index (χ4v) is 6.10. The van der Waals surface area contributed by atoms with Gasteiger partial charge in [0.05, 0.1) is 11.1 Å². The fourth-order valence-electron chi connectivity index (χ4n) is 6.10. The molecule has 0 spiro atoms. The summed E-state index contributed by atoms with van der Waals surface area (Å²) < 4.78 is 0. The minimum atomic E-state index is -0.105. The zero-order valence-electron chi connectivity index (χ0n) is 18.5. The second-order valence-corrected chi connectivity index (χ2v) is 9.49. The molecule has 0 radical (unpaired) electrons. The van der Waals surface area contributed by atoms with Crippen molar-refractivity contribution in [3.63, 3.8) is 0 Å². The number of nitrogens with one attached hydrogen (secondary N) is 2. The SMILES string of the molecule is Cc1[nH]c2c(c1C(=O)N1CCC[C@H]1CN1CCCC1)CCC2=C1C(=O)Nc2ncccc21. The van der Waals surface area contributed by atoms with Crippen LogP contribution in [-0.2, 0) is 11.2 Å². The van der Waals surface area contributed by atoms with E-state index in [4.69, 9.17) is 0 Å². The Bertz CT molecular complexity index is 1140. The van der Waals surface area contributed by atoms with Crippen molar-refractivity contribution in [1.82, 2.24) is 19.8 Å². The molecular weight excluding hydrogens is 402 g/mol. The predicted octanol–water partition coefficient (Wildman–Crippen LogP) is 3.23. The van der Waals surface area contributed by atoms with Crippen LogP contribution in [-0.4, -0.2) is 63.8 Å². The Hall–Kier alpha value is -2.93. The highest BCUT2D eigenvalue weighted by Gasteiger charge is 2.38. The van der Waals surface area contributed by atoms with Crippen LogP contribution >= 0.6 is 0 Å². The number of anilines is 1. The zero-order valence-corrected chi connectivity index (χ0v) is 18.5. The number of aryl methyl sites for hydroxylation is 1. The van der Waals surface area contributed by atoms with E-state index >= 15 is 0 Å². The number of rotatable bonds is 3. The number of fused-ring (bicyclic) bond motifs is 2. The van der Waals surface area contributed by atoms with E-state index in [0.717, 1.165) is 85.5 Å². The van der Waals surface area contributed by atoms with Crippen molar-refractivity contribution < 1.29 is 9.59 Å². The van der Waals surface area contributed by atoms with Crippen LogP contribution in [0.5, 0.6) is 0 Å². The molecule has 32 heavy (non-hydrogen) atoms. The molecule has 3 aliphatic heterocycles. The summed E-state index contributed by atoms with van der Waals surface area (Å²) in [5.74, 6) is 0.674. The quantitative estimate of drug-likeness (QED) is 0.731. The van der Waals surface area contributed by atoms with Crippen molar-refractivity contribution in [3.8, 4) is 0 Å². The molecule has 1 atom stereocenters. The highest BCUT2D eigenvalue weighted by atomic mass is 16.2. The largest absolute Gasteiger partial charge is 0.358 e. The van der Waals surface area contributed by atoms with Gasteiger partial charge >= 0.3 is 0 Å². The Morgan fingerprint density at radius 3 is 2.88 bits per heavy atom. The molecule has 2 N–H and O–H groups in total. The number of H-pyrrole nitrogens is 1. The van der Waals surface area contributed by atoms with Crippen molar-refractivity contribution in [3.05, 3.63) is 46.4 Å². The molecule has 2 saturated heterocycles. The van der Waals surface area contributed by atoms with Gasteiger partial charge in [-0.25, -0.2) is 4.98 Å². The Kier molecular flexibility index (Phi) is 4.68. The smallest absolute Gasteiger partial charge is 0.257 e. The van der Waals surface area contributed by atoms with E-state index < -0.39 is 0 Å². The minimum Gasteiger partial charge on any atom is -0.358 e. The van der Waals surface area contributed by atoms with Gasteiger partial charge in [-0.1, -0.05) is 0 Å². The first-order valence-electron chi connectivity index (χ1n) is 11.9. The number of allylic oxidation sites excluding steroid dienone is 1. The number of pyridine rings is 1. The average molecular weight is 432 g/mol. The van der Waals surface area contributed by atoms with Crippen LogP contribution in [0.4, 0.5) is 5.82 Å². The third-order valence-electron chi connectivity index (χ3n) is 7.58. The number of aromatic amines is 1. The van der Waals surface area contributed by atoms with Crippen LogP contribution < -0.4 is 5.32 Å². The number of hydrogen-bond donors (Lipinski definition) is 2. The molecule has 5 heterocycles. The molecule has 2 amide bonds. The first-order chi connectivity index (χ1) is 15.6. The van der Waals surface area contributed by atoms with Crippen molar-refractivity contribution in [2.75, 3.05) is 31.5 Å². The molecule has 0 aromatic carbocycles. The van der Waals surface area contributed by atoms with E-state index in [1.165, 1.54) is 12.8 Å². The number of likely N-dealkylation sites (tertiary alicyclic amines) is 2. The van der Waals surface area contributed by atoms with E-state index in [9.17, 15) is 9.59 Å². The fraction of sp³-hybridized carbons (Fsp3) is 0.480. The van der Waals surface area contributed by atoms with Gasteiger partial charge in [-0.2, -0.15) is 0 Å². The van der Waals surface area contributed by atoms with E-state index in [1.54, 1.807) is 6.20 Å². The minimum absolute atomic E-state index is 0.105. The van der Waals surface area contributed by atoms with Crippen LogP contribution in [0.2, 0.25) is 0 Å². The molecule has 7 heteroatoms. The van der Waals surface area contributed by atoms with Crippen LogP contribution in [0.25, 0.3) is 11.1 Å². The van der Waals surface area contributed by atoms with Gasteiger partial charge < -0.3 is 20.1 Å².